The number of thiophene rings is 1. The summed E-state index contributed by atoms with van der Waals surface area (Å²) in [6.45, 7) is 1.96. The highest BCUT2D eigenvalue weighted by atomic mass is 32.1. The number of aliphatic hydroxyl groups excluding tert-OH is 1. The van der Waals surface area contributed by atoms with Crippen molar-refractivity contribution in [2.24, 2.45) is 0 Å². The minimum Gasteiger partial charge on any atom is -0.459 e. The minimum atomic E-state index is -0.721. The first-order valence-electron chi connectivity index (χ1n) is 6.64. The molecule has 3 rings (SSSR count). The van der Waals surface area contributed by atoms with Gasteiger partial charge in [0, 0.05) is 21.7 Å². The lowest BCUT2D eigenvalue weighted by Crippen LogP contribution is -2.28. The number of hydrogen-bond acceptors (Lipinski definition) is 4. The van der Waals surface area contributed by atoms with Crippen LogP contribution in [-0.4, -0.2) is 17.6 Å². The Balaban J connectivity index is 1.67. The van der Waals surface area contributed by atoms with E-state index in [2.05, 4.69) is 5.32 Å². The number of furan rings is 1. The van der Waals surface area contributed by atoms with Crippen molar-refractivity contribution in [1.82, 2.24) is 5.32 Å². The fourth-order valence-corrected chi connectivity index (χ4v) is 3.19. The molecule has 21 heavy (non-hydrogen) atoms. The predicted octanol–water partition coefficient (Wildman–Crippen LogP) is 3.27. The summed E-state index contributed by atoms with van der Waals surface area (Å²) in [5, 5.41) is 14.0. The maximum absolute atomic E-state index is 11.9. The number of carbonyl (C=O) groups excluding carboxylic acids is 1. The third kappa shape index (κ3) is 2.84. The van der Waals surface area contributed by atoms with Crippen LogP contribution in [0, 0.1) is 6.92 Å². The molecule has 1 atom stereocenters. The van der Waals surface area contributed by atoms with Crippen LogP contribution in [0.1, 0.15) is 27.1 Å². The third-order valence-corrected chi connectivity index (χ3v) is 4.51. The van der Waals surface area contributed by atoms with Crippen LogP contribution >= 0.6 is 11.3 Å². The van der Waals surface area contributed by atoms with E-state index >= 15 is 0 Å². The van der Waals surface area contributed by atoms with Gasteiger partial charge in [0.25, 0.3) is 5.91 Å². The zero-order chi connectivity index (χ0) is 14.8. The quantitative estimate of drug-likeness (QED) is 0.777. The van der Waals surface area contributed by atoms with Gasteiger partial charge in [0.05, 0.1) is 6.26 Å². The summed E-state index contributed by atoms with van der Waals surface area (Å²) in [7, 11) is 0. The second kappa shape index (κ2) is 5.71. The minimum absolute atomic E-state index is 0.159. The molecule has 2 aromatic heterocycles. The lowest BCUT2D eigenvalue weighted by molar-refractivity contribution is 0.0890. The number of nitrogens with one attached hydrogen (secondary N) is 1. The van der Waals surface area contributed by atoms with E-state index in [9.17, 15) is 9.90 Å². The molecule has 0 aliphatic heterocycles. The summed E-state index contributed by atoms with van der Waals surface area (Å²) in [5.41, 5.74) is 0.781. The Morgan fingerprint density at radius 1 is 1.38 bits per heavy atom. The second-order valence-corrected chi connectivity index (χ2v) is 5.96. The molecule has 2 heterocycles. The van der Waals surface area contributed by atoms with Gasteiger partial charge in [-0.2, -0.15) is 0 Å². The van der Waals surface area contributed by atoms with Crippen LogP contribution in [0.3, 0.4) is 0 Å². The van der Waals surface area contributed by atoms with Crippen LogP contribution < -0.4 is 5.32 Å². The van der Waals surface area contributed by atoms with Gasteiger partial charge in [-0.25, -0.2) is 0 Å². The van der Waals surface area contributed by atoms with E-state index in [1.54, 1.807) is 13.0 Å². The van der Waals surface area contributed by atoms with Gasteiger partial charge in [-0.15, -0.1) is 11.3 Å². The first-order valence-corrected chi connectivity index (χ1v) is 7.45. The van der Waals surface area contributed by atoms with Gasteiger partial charge in [-0.1, -0.05) is 18.2 Å². The van der Waals surface area contributed by atoms with Crippen LogP contribution in [0.25, 0.3) is 10.1 Å². The molecule has 5 heteroatoms. The first-order chi connectivity index (χ1) is 10.1. The monoisotopic (exact) mass is 301 g/mol. The molecular formula is C16H15NO3S. The lowest BCUT2D eigenvalue weighted by atomic mass is 10.2. The van der Waals surface area contributed by atoms with E-state index in [4.69, 9.17) is 4.42 Å². The van der Waals surface area contributed by atoms with E-state index in [1.165, 1.54) is 17.6 Å². The predicted molar refractivity (Wildman–Crippen MR) is 82.6 cm³/mol. The Hall–Kier alpha value is -2.11. The van der Waals surface area contributed by atoms with Gasteiger partial charge in [0.15, 0.2) is 5.76 Å². The van der Waals surface area contributed by atoms with Crippen molar-refractivity contribution >= 4 is 27.3 Å². The number of amides is 1. The van der Waals surface area contributed by atoms with Crippen LogP contribution in [0.15, 0.2) is 47.1 Å². The first kappa shape index (κ1) is 13.9. The van der Waals surface area contributed by atoms with Gasteiger partial charge < -0.3 is 14.8 Å². The average Bonchev–Trinajstić information content (AvgIpc) is 3.10. The van der Waals surface area contributed by atoms with E-state index in [-0.39, 0.29) is 12.5 Å². The Morgan fingerprint density at radius 2 is 2.19 bits per heavy atom. The molecule has 0 unspecified atom stereocenters. The molecule has 108 valence electrons. The Bertz CT molecular complexity index is 742. The van der Waals surface area contributed by atoms with Crippen LogP contribution in [-0.2, 0) is 0 Å². The number of rotatable bonds is 4. The van der Waals surface area contributed by atoms with Crippen LogP contribution in [0.4, 0.5) is 0 Å². The molecule has 2 N–H and O–H groups in total. The van der Waals surface area contributed by atoms with Crippen molar-refractivity contribution in [2.45, 2.75) is 13.0 Å². The molecule has 3 aromatic rings. The van der Waals surface area contributed by atoms with E-state index < -0.39 is 6.10 Å². The summed E-state index contributed by atoms with van der Waals surface area (Å²) >= 11 is 1.53. The summed E-state index contributed by atoms with van der Waals surface area (Å²) in [4.78, 5) is 12.8. The molecule has 0 aliphatic carbocycles. The summed E-state index contributed by atoms with van der Waals surface area (Å²) in [6, 6.07) is 11.6. The zero-order valence-corrected chi connectivity index (χ0v) is 12.3. The highest BCUT2D eigenvalue weighted by molar-refractivity contribution is 7.19. The number of aryl methyl sites for hydroxylation is 1. The summed E-state index contributed by atoms with van der Waals surface area (Å²) < 4.78 is 6.25. The van der Waals surface area contributed by atoms with Gasteiger partial charge in [0.1, 0.15) is 6.10 Å². The summed E-state index contributed by atoms with van der Waals surface area (Å²) in [6.07, 6.45) is 0.758. The maximum Gasteiger partial charge on any atom is 0.287 e. The molecule has 0 fully saturated rings. The number of aliphatic hydroxyl groups is 1. The Morgan fingerprint density at radius 3 is 2.90 bits per heavy atom. The largest absolute Gasteiger partial charge is 0.459 e. The molecule has 0 spiro atoms. The van der Waals surface area contributed by atoms with E-state index in [1.807, 2.05) is 30.3 Å². The van der Waals surface area contributed by atoms with Gasteiger partial charge in [-0.3, -0.25) is 4.79 Å². The molecule has 0 saturated heterocycles. The molecule has 4 nitrogen and oxygen atoms in total. The van der Waals surface area contributed by atoms with Crippen molar-refractivity contribution in [1.29, 1.82) is 0 Å². The number of carbonyl (C=O) groups is 1. The summed E-state index contributed by atoms with van der Waals surface area (Å²) in [5.74, 6) is -0.0174. The number of fused-ring (bicyclic) bond motifs is 1. The van der Waals surface area contributed by atoms with Crippen LogP contribution in [0.5, 0.6) is 0 Å². The van der Waals surface area contributed by atoms with Crippen molar-refractivity contribution in [3.8, 4) is 0 Å². The van der Waals surface area contributed by atoms with E-state index in [0.717, 1.165) is 20.5 Å². The topological polar surface area (TPSA) is 62.5 Å². The second-order valence-electron chi connectivity index (χ2n) is 4.85. The van der Waals surface area contributed by atoms with Crippen molar-refractivity contribution in [2.75, 3.05) is 6.54 Å². The maximum atomic E-state index is 11.9. The molecule has 1 amide bonds. The van der Waals surface area contributed by atoms with Gasteiger partial charge in [-0.05, 0) is 30.5 Å². The Labute approximate surface area is 126 Å². The standard InChI is InChI=1S/C16H15NO3S/c1-10-6-7-20-15(10)16(19)17-9-12(18)14-8-11-4-2-3-5-13(11)21-14/h2-8,12,18H,9H2,1H3,(H,17,19)/t12-/m0/s1. The van der Waals surface area contributed by atoms with Gasteiger partial charge >= 0.3 is 0 Å². The van der Waals surface area contributed by atoms with Crippen molar-refractivity contribution in [3.05, 3.63) is 58.9 Å². The molecule has 0 saturated carbocycles. The molecular weight excluding hydrogens is 286 g/mol. The molecule has 0 bridgehead atoms. The SMILES string of the molecule is Cc1ccoc1C(=O)NC[C@H](O)c1cc2ccccc2s1. The van der Waals surface area contributed by atoms with E-state index in [0.29, 0.717) is 5.76 Å². The number of hydrogen-bond donors (Lipinski definition) is 2. The fraction of sp³-hybridized carbons (Fsp3) is 0.188. The number of benzene rings is 1. The highest BCUT2D eigenvalue weighted by Crippen LogP contribution is 2.29. The lowest BCUT2D eigenvalue weighted by Gasteiger charge is -2.09. The normalized spacial score (nSPS) is 12.5. The smallest absolute Gasteiger partial charge is 0.287 e. The molecule has 0 aliphatic rings. The molecule has 1 aromatic carbocycles. The average molecular weight is 301 g/mol. The van der Waals surface area contributed by atoms with Crippen molar-refractivity contribution in [3.63, 3.8) is 0 Å². The highest BCUT2D eigenvalue weighted by Gasteiger charge is 2.16. The zero-order valence-electron chi connectivity index (χ0n) is 11.5. The fourth-order valence-electron chi connectivity index (χ4n) is 2.14. The Kier molecular flexibility index (Phi) is 3.77. The van der Waals surface area contributed by atoms with Crippen LogP contribution in [0.2, 0.25) is 0 Å². The van der Waals surface area contributed by atoms with Crippen molar-refractivity contribution < 1.29 is 14.3 Å². The molecule has 0 radical (unpaired) electrons. The van der Waals surface area contributed by atoms with Gasteiger partial charge in [0.2, 0.25) is 0 Å². The third-order valence-electron chi connectivity index (χ3n) is 3.30.